The van der Waals surface area contributed by atoms with E-state index in [9.17, 15) is 4.39 Å². The van der Waals surface area contributed by atoms with Gasteiger partial charge < -0.3 is 5.73 Å². The summed E-state index contributed by atoms with van der Waals surface area (Å²) in [7, 11) is 0. The maximum Gasteiger partial charge on any atom is 0.146 e. The number of halogens is 1. The van der Waals surface area contributed by atoms with Gasteiger partial charge in [0.2, 0.25) is 0 Å². The van der Waals surface area contributed by atoms with Gasteiger partial charge in [-0.3, -0.25) is 0 Å². The number of thioether (sulfide) groups is 1. The molecule has 1 aliphatic heterocycles. The summed E-state index contributed by atoms with van der Waals surface area (Å²) in [5.41, 5.74) is 7.02. The maximum absolute atomic E-state index is 12.9. The Morgan fingerprint density at radius 3 is 2.64 bits per heavy atom. The van der Waals surface area contributed by atoms with Gasteiger partial charge in [0.15, 0.2) is 0 Å². The summed E-state index contributed by atoms with van der Waals surface area (Å²) in [6, 6.07) is 5.13. The molecular weight excluding hydrogens is 197 g/mol. The fraction of sp³-hybridized carbons (Fsp3) is 0.455. The molecule has 0 atom stereocenters. The van der Waals surface area contributed by atoms with Crippen LogP contribution in [0.3, 0.4) is 0 Å². The van der Waals surface area contributed by atoms with E-state index in [0.717, 1.165) is 0 Å². The summed E-state index contributed by atoms with van der Waals surface area (Å²) in [6.07, 6.45) is 2.38. The van der Waals surface area contributed by atoms with Crippen LogP contribution >= 0.6 is 11.8 Å². The van der Waals surface area contributed by atoms with Gasteiger partial charge in [-0.1, -0.05) is 6.07 Å². The predicted molar refractivity (Wildman–Crippen MR) is 60.1 cm³/mol. The molecule has 1 aromatic carbocycles. The topological polar surface area (TPSA) is 26.0 Å². The number of rotatable bonds is 1. The minimum absolute atomic E-state index is 0.278. The minimum Gasteiger partial charge on any atom is -0.396 e. The molecule has 0 aliphatic carbocycles. The van der Waals surface area contributed by atoms with Gasteiger partial charge >= 0.3 is 0 Å². The third-order valence-electron chi connectivity index (χ3n) is 2.71. The number of anilines is 1. The summed E-state index contributed by atoms with van der Waals surface area (Å²) in [4.78, 5) is 0. The van der Waals surface area contributed by atoms with E-state index < -0.39 is 0 Å². The highest BCUT2D eigenvalue weighted by Crippen LogP contribution is 2.32. The average Bonchev–Trinajstić information content (AvgIpc) is 2.23. The number of benzene rings is 1. The van der Waals surface area contributed by atoms with Crippen LogP contribution in [0.4, 0.5) is 10.1 Å². The molecule has 0 spiro atoms. The Balaban J connectivity index is 2.18. The fourth-order valence-corrected chi connectivity index (χ4v) is 2.95. The van der Waals surface area contributed by atoms with Gasteiger partial charge in [0.1, 0.15) is 5.82 Å². The first kappa shape index (κ1) is 9.84. The summed E-state index contributed by atoms with van der Waals surface area (Å²) < 4.78 is 12.9. The van der Waals surface area contributed by atoms with E-state index in [1.54, 1.807) is 6.07 Å². The minimum atomic E-state index is -0.307. The summed E-state index contributed by atoms with van der Waals surface area (Å²) in [5.74, 6) is 2.70. The van der Waals surface area contributed by atoms with E-state index in [-0.39, 0.29) is 11.5 Å². The molecule has 1 nitrogen and oxygen atoms in total. The first-order valence-electron chi connectivity index (χ1n) is 4.90. The number of hydrogen-bond donors (Lipinski definition) is 1. The molecule has 0 amide bonds. The van der Waals surface area contributed by atoms with E-state index in [4.69, 9.17) is 5.73 Å². The van der Waals surface area contributed by atoms with Crippen molar-refractivity contribution in [1.29, 1.82) is 0 Å². The van der Waals surface area contributed by atoms with Crippen LogP contribution in [0.25, 0.3) is 0 Å². The van der Waals surface area contributed by atoms with Gasteiger partial charge in [-0.2, -0.15) is 11.8 Å². The second kappa shape index (κ2) is 4.22. The molecule has 1 aliphatic rings. The number of nitrogen functional groups attached to an aromatic ring is 1. The van der Waals surface area contributed by atoms with Gasteiger partial charge in [0.05, 0.1) is 5.69 Å². The summed E-state index contributed by atoms with van der Waals surface area (Å²) in [5, 5.41) is 0. The van der Waals surface area contributed by atoms with Crippen molar-refractivity contribution in [3.63, 3.8) is 0 Å². The van der Waals surface area contributed by atoms with Gasteiger partial charge in [0, 0.05) is 0 Å². The van der Waals surface area contributed by atoms with Crippen molar-refractivity contribution < 1.29 is 4.39 Å². The standard InChI is InChI=1S/C11H14FNS/c12-10-2-1-9(7-11(10)13)8-3-5-14-6-4-8/h1-2,7-8H,3-6,13H2. The summed E-state index contributed by atoms with van der Waals surface area (Å²) in [6.45, 7) is 0. The lowest BCUT2D eigenvalue weighted by Crippen LogP contribution is -2.08. The lowest BCUT2D eigenvalue weighted by Gasteiger charge is -2.21. The molecule has 1 fully saturated rings. The average molecular weight is 211 g/mol. The van der Waals surface area contributed by atoms with Crippen LogP contribution in [0.5, 0.6) is 0 Å². The smallest absolute Gasteiger partial charge is 0.146 e. The van der Waals surface area contributed by atoms with Gasteiger partial charge in [-0.25, -0.2) is 4.39 Å². The monoisotopic (exact) mass is 211 g/mol. The highest BCUT2D eigenvalue weighted by molar-refractivity contribution is 7.99. The van der Waals surface area contributed by atoms with Crippen LogP contribution < -0.4 is 5.73 Å². The molecule has 0 radical (unpaired) electrons. The van der Waals surface area contributed by atoms with E-state index in [1.165, 1.54) is 36.0 Å². The van der Waals surface area contributed by atoms with Crippen LogP contribution in [0.2, 0.25) is 0 Å². The van der Waals surface area contributed by atoms with Gasteiger partial charge in [-0.15, -0.1) is 0 Å². The van der Waals surface area contributed by atoms with Gasteiger partial charge in [0.25, 0.3) is 0 Å². The van der Waals surface area contributed by atoms with Crippen LogP contribution in [-0.4, -0.2) is 11.5 Å². The second-order valence-electron chi connectivity index (χ2n) is 3.67. The highest BCUT2D eigenvalue weighted by Gasteiger charge is 2.16. The molecule has 0 bridgehead atoms. The molecule has 2 rings (SSSR count). The number of hydrogen-bond acceptors (Lipinski definition) is 2. The highest BCUT2D eigenvalue weighted by atomic mass is 32.2. The quantitative estimate of drug-likeness (QED) is 0.723. The van der Waals surface area contributed by atoms with Crippen LogP contribution in [0, 0.1) is 5.82 Å². The molecule has 1 saturated heterocycles. The Kier molecular flexibility index (Phi) is 2.96. The van der Waals surface area contributed by atoms with Crippen molar-refractivity contribution in [3.05, 3.63) is 29.6 Å². The first-order chi connectivity index (χ1) is 6.77. The Morgan fingerprint density at radius 2 is 2.00 bits per heavy atom. The zero-order chi connectivity index (χ0) is 9.97. The van der Waals surface area contributed by atoms with E-state index in [0.29, 0.717) is 5.92 Å². The molecule has 1 heterocycles. The van der Waals surface area contributed by atoms with Crippen LogP contribution in [0.15, 0.2) is 18.2 Å². The van der Waals surface area contributed by atoms with Crippen molar-refractivity contribution in [2.24, 2.45) is 0 Å². The van der Waals surface area contributed by atoms with Crippen molar-refractivity contribution in [2.75, 3.05) is 17.2 Å². The Morgan fingerprint density at radius 1 is 1.29 bits per heavy atom. The Bertz CT molecular complexity index is 321. The zero-order valence-electron chi connectivity index (χ0n) is 8.00. The van der Waals surface area contributed by atoms with Crippen molar-refractivity contribution in [2.45, 2.75) is 18.8 Å². The van der Waals surface area contributed by atoms with Crippen LogP contribution in [-0.2, 0) is 0 Å². The van der Waals surface area contributed by atoms with Crippen molar-refractivity contribution >= 4 is 17.4 Å². The second-order valence-corrected chi connectivity index (χ2v) is 4.89. The van der Waals surface area contributed by atoms with E-state index in [1.807, 2.05) is 17.8 Å². The predicted octanol–water partition coefficient (Wildman–Crippen LogP) is 3.02. The zero-order valence-corrected chi connectivity index (χ0v) is 8.82. The lowest BCUT2D eigenvalue weighted by molar-refractivity contribution is 0.618. The maximum atomic E-state index is 12.9. The van der Waals surface area contributed by atoms with Crippen molar-refractivity contribution in [3.8, 4) is 0 Å². The fourth-order valence-electron chi connectivity index (χ4n) is 1.85. The third-order valence-corrected chi connectivity index (χ3v) is 3.76. The summed E-state index contributed by atoms with van der Waals surface area (Å²) >= 11 is 2.00. The first-order valence-corrected chi connectivity index (χ1v) is 6.05. The molecule has 0 unspecified atom stereocenters. The van der Waals surface area contributed by atoms with Crippen LogP contribution in [0.1, 0.15) is 24.3 Å². The Hall–Kier alpha value is -0.700. The molecule has 0 aromatic heterocycles. The van der Waals surface area contributed by atoms with Gasteiger partial charge in [-0.05, 0) is 48.0 Å². The molecule has 76 valence electrons. The van der Waals surface area contributed by atoms with Crippen molar-refractivity contribution in [1.82, 2.24) is 0 Å². The molecular formula is C11H14FNS. The SMILES string of the molecule is Nc1cc(C2CCSCC2)ccc1F. The normalized spacial score (nSPS) is 18.4. The largest absolute Gasteiger partial charge is 0.396 e. The Labute approximate surface area is 87.9 Å². The molecule has 0 saturated carbocycles. The van der Waals surface area contributed by atoms with E-state index in [2.05, 4.69) is 0 Å². The molecule has 3 heteroatoms. The number of nitrogens with two attached hydrogens (primary N) is 1. The lowest BCUT2D eigenvalue weighted by atomic mass is 9.93. The molecule has 1 aromatic rings. The molecule has 14 heavy (non-hydrogen) atoms. The van der Waals surface area contributed by atoms with E-state index >= 15 is 0 Å². The molecule has 2 N–H and O–H groups in total. The third kappa shape index (κ3) is 2.03.